The molecule has 2 aromatic carbocycles. The van der Waals surface area contributed by atoms with Gasteiger partial charge in [0, 0.05) is 12.4 Å². The SMILES string of the molecule is CC1(OP(=O)(O)O)CC(c2ccc(-c3ccc(/C=C/[C@@H](CO)n4ccnc4C(C)(O)[Si])cc3)cc2)C1. The first-order chi connectivity index (χ1) is 16.9. The zero-order chi connectivity index (χ0) is 26.1. The summed E-state index contributed by atoms with van der Waals surface area (Å²) in [5, 5.41) is 18.8. The van der Waals surface area contributed by atoms with Gasteiger partial charge in [-0.3, -0.25) is 4.52 Å². The molecule has 1 aliphatic carbocycles. The van der Waals surface area contributed by atoms with E-state index in [1.165, 1.54) is 0 Å². The van der Waals surface area contributed by atoms with Crippen LogP contribution in [0.4, 0.5) is 0 Å². The van der Waals surface area contributed by atoms with Crippen molar-refractivity contribution in [2.24, 2.45) is 0 Å². The predicted molar refractivity (Wildman–Crippen MR) is 138 cm³/mol. The molecule has 4 N–H and O–H groups in total. The molecule has 189 valence electrons. The normalized spacial score (nSPS) is 22.8. The Bertz CT molecular complexity index is 1250. The van der Waals surface area contributed by atoms with Crippen LogP contribution in [0.2, 0.25) is 0 Å². The third kappa shape index (κ3) is 6.30. The molecule has 1 saturated carbocycles. The van der Waals surface area contributed by atoms with Crippen LogP contribution in [0, 0.1) is 0 Å². The smallest absolute Gasteiger partial charge is 0.394 e. The van der Waals surface area contributed by atoms with Crippen LogP contribution in [0.25, 0.3) is 17.2 Å². The first kappa shape index (κ1) is 26.7. The number of aliphatic hydroxyl groups excluding tert-OH is 1. The van der Waals surface area contributed by atoms with E-state index in [4.69, 9.17) is 14.3 Å². The number of aromatic nitrogens is 2. The lowest BCUT2D eigenvalue weighted by Crippen LogP contribution is -2.41. The van der Waals surface area contributed by atoms with Gasteiger partial charge < -0.3 is 24.6 Å². The van der Waals surface area contributed by atoms with Gasteiger partial charge in [-0.25, -0.2) is 9.55 Å². The molecule has 0 amide bonds. The Kier molecular flexibility index (Phi) is 7.55. The Balaban J connectivity index is 1.40. The molecule has 1 fully saturated rings. The Hall–Kier alpha value is -2.36. The van der Waals surface area contributed by atoms with Crippen LogP contribution >= 0.6 is 7.82 Å². The number of hydrogen-bond acceptors (Lipinski definition) is 5. The lowest BCUT2D eigenvalue weighted by molar-refractivity contribution is -0.0285. The standard InChI is InChI=1S/C26H30N2O6PSi/c1-25(34-35(31,32)33)15-22(16-25)21-10-8-20(9-11-21)19-6-3-18(4-7-19)5-12-23(17-29)28-14-13-27-24(28)26(2,30)36/h3-14,22-23,29-30H,15-17H2,1-2H3,(H2,31,32,33)/b12-5+/t22?,23-,25?,26?/m0/s1. The summed E-state index contributed by atoms with van der Waals surface area (Å²) in [6.45, 7) is 3.17. The molecule has 1 unspecified atom stereocenters. The van der Waals surface area contributed by atoms with E-state index in [2.05, 4.69) is 27.4 Å². The van der Waals surface area contributed by atoms with Crippen LogP contribution in [0.15, 0.2) is 67.0 Å². The molecule has 1 aliphatic rings. The van der Waals surface area contributed by atoms with Gasteiger partial charge in [0.05, 0.1) is 28.5 Å². The first-order valence-corrected chi connectivity index (χ1v) is 13.7. The minimum absolute atomic E-state index is 0.141. The Morgan fingerprint density at radius 2 is 1.78 bits per heavy atom. The van der Waals surface area contributed by atoms with E-state index in [0.717, 1.165) is 22.3 Å². The summed E-state index contributed by atoms with van der Waals surface area (Å²) in [4.78, 5) is 22.3. The van der Waals surface area contributed by atoms with Crippen molar-refractivity contribution in [2.45, 2.75) is 49.5 Å². The highest BCUT2D eigenvalue weighted by Gasteiger charge is 2.45. The van der Waals surface area contributed by atoms with Crippen LogP contribution in [0.3, 0.4) is 0 Å². The topological polar surface area (TPSA) is 125 Å². The van der Waals surface area contributed by atoms with E-state index in [-0.39, 0.29) is 18.6 Å². The largest absolute Gasteiger partial charge is 0.470 e. The molecule has 0 spiro atoms. The number of phosphoric ester groups is 1. The lowest BCUT2D eigenvalue weighted by Gasteiger charge is -2.44. The maximum Gasteiger partial charge on any atom is 0.470 e. The monoisotopic (exact) mass is 525 g/mol. The molecule has 1 heterocycles. The molecule has 8 nitrogen and oxygen atoms in total. The second-order valence-corrected chi connectivity index (χ2v) is 11.9. The third-order valence-electron chi connectivity index (χ3n) is 6.48. The Morgan fingerprint density at radius 3 is 2.31 bits per heavy atom. The zero-order valence-corrected chi connectivity index (χ0v) is 22.0. The van der Waals surface area contributed by atoms with Gasteiger partial charge in [-0.1, -0.05) is 60.7 Å². The number of hydrogen-bond donors (Lipinski definition) is 4. The molecule has 3 aromatic rings. The fraction of sp³-hybridized carbons (Fsp3) is 0.346. The first-order valence-electron chi connectivity index (χ1n) is 11.6. The van der Waals surface area contributed by atoms with E-state index < -0.39 is 18.6 Å². The van der Waals surface area contributed by atoms with E-state index in [0.29, 0.717) is 18.7 Å². The van der Waals surface area contributed by atoms with Crippen molar-refractivity contribution < 1.29 is 29.1 Å². The number of rotatable bonds is 9. The average molecular weight is 526 g/mol. The second kappa shape index (κ2) is 10.2. The summed E-state index contributed by atoms with van der Waals surface area (Å²) >= 11 is 0. The Morgan fingerprint density at radius 1 is 1.19 bits per heavy atom. The average Bonchev–Trinajstić information content (AvgIpc) is 3.28. The van der Waals surface area contributed by atoms with Crippen LogP contribution in [-0.2, 0) is 14.3 Å². The van der Waals surface area contributed by atoms with Crippen molar-refractivity contribution in [3.8, 4) is 11.1 Å². The second-order valence-electron chi connectivity index (χ2n) is 9.72. The van der Waals surface area contributed by atoms with Gasteiger partial charge >= 0.3 is 7.82 Å². The van der Waals surface area contributed by atoms with E-state index in [9.17, 15) is 14.8 Å². The van der Waals surface area contributed by atoms with E-state index in [1.807, 2.05) is 48.6 Å². The fourth-order valence-corrected chi connectivity index (χ4v) is 5.65. The van der Waals surface area contributed by atoms with Crippen molar-refractivity contribution in [3.05, 3.63) is 84.0 Å². The van der Waals surface area contributed by atoms with Crippen LogP contribution in [0.1, 0.15) is 55.6 Å². The highest BCUT2D eigenvalue weighted by Crippen LogP contribution is 2.54. The van der Waals surface area contributed by atoms with Gasteiger partial charge in [-0.15, -0.1) is 0 Å². The summed E-state index contributed by atoms with van der Waals surface area (Å²) in [6.07, 6.45) is 8.24. The molecule has 0 bridgehead atoms. The maximum absolute atomic E-state index is 11.1. The molecular weight excluding hydrogens is 495 g/mol. The van der Waals surface area contributed by atoms with Crippen molar-refractivity contribution in [2.75, 3.05) is 6.61 Å². The van der Waals surface area contributed by atoms with Crippen LogP contribution < -0.4 is 0 Å². The lowest BCUT2D eigenvalue weighted by atomic mass is 9.69. The van der Waals surface area contributed by atoms with Crippen LogP contribution in [0.5, 0.6) is 0 Å². The highest BCUT2D eigenvalue weighted by molar-refractivity contribution is 7.46. The number of aliphatic hydroxyl groups is 2. The minimum atomic E-state index is -4.49. The molecule has 3 radical (unpaired) electrons. The summed E-state index contributed by atoms with van der Waals surface area (Å²) in [7, 11) is -1.23. The summed E-state index contributed by atoms with van der Waals surface area (Å²) in [6, 6.07) is 15.9. The molecule has 4 rings (SSSR count). The van der Waals surface area contributed by atoms with Crippen molar-refractivity contribution in [1.82, 2.24) is 9.55 Å². The van der Waals surface area contributed by atoms with E-state index in [1.54, 1.807) is 30.8 Å². The number of imidazole rings is 1. The van der Waals surface area contributed by atoms with Gasteiger partial charge in [0.15, 0.2) is 0 Å². The third-order valence-corrected chi connectivity index (χ3v) is 7.38. The van der Waals surface area contributed by atoms with Crippen molar-refractivity contribution in [3.63, 3.8) is 0 Å². The van der Waals surface area contributed by atoms with Gasteiger partial charge in [-0.2, -0.15) is 0 Å². The van der Waals surface area contributed by atoms with Crippen LogP contribution in [-0.4, -0.2) is 52.0 Å². The molecule has 36 heavy (non-hydrogen) atoms. The van der Waals surface area contributed by atoms with E-state index >= 15 is 0 Å². The van der Waals surface area contributed by atoms with Gasteiger partial charge in [0.1, 0.15) is 11.0 Å². The fourth-order valence-electron chi connectivity index (χ4n) is 4.74. The van der Waals surface area contributed by atoms with Crippen molar-refractivity contribution in [1.29, 1.82) is 0 Å². The Labute approximate surface area is 214 Å². The molecule has 10 heteroatoms. The van der Waals surface area contributed by atoms with Gasteiger partial charge in [0.25, 0.3) is 0 Å². The zero-order valence-electron chi connectivity index (χ0n) is 20.2. The van der Waals surface area contributed by atoms with Gasteiger partial charge in [-0.05, 0) is 54.9 Å². The predicted octanol–water partition coefficient (Wildman–Crippen LogP) is 3.88. The molecule has 0 saturated heterocycles. The highest BCUT2D eigenvalue weighted by atomic mass is 31.2. The maximum atomic E-state index is 11.1. The summed E-state index contributed by atoms with van der Waals surface area (Å²) < 4.78 is 17.8. The summed E-state index contributed by atoms with van der Waals surface area (Å²) in [5.74, 6) is 0.620. The molecular formula is C26H30N2O6PSi. The van der Waals surface area contributed by atoms with Crippen molar-refractivity contribution >= 4 is 24.1 Å². The molecule has 1 aromatic heterocycles. The quantitative estimate of drug-likeness (QED) is 0.247. The van der Waals surface area contributed by atoms with Gasteiger partial charge in [0.2, 0.25) is 0 Å². The summed E-state index contributed by atoms with van der Waals surface area (Å²) in [5.41, 5.74) is 3.44. The minimum Gasteiger partial charge on any atom is -0.394 e. The number of nitrogens with zero attached hydrogens (tertiary/aromatic N) is 2. The molecule has 2 atom stereocenters. The number of benzene rings is 2. The number of phosphoric acid groups is 1. The molecule has 0 aliphatic heterocycles.